The highest BCUT2D eigenvalue weighted by Crippen LogP contribution is 2.26. The van der Waals surface area contributed by atoms with E-state index in [0.29, 0.717) is 18.1 Å². The fourth-order valence-corrected chi connectivity index (χ4v) is 1.84. The second-order valence-corrected chi connectivity index (χ2v) is 4.00. The highest BCUT2D eigenvalue weighted by molar-refractivity contribution is 7.98. The largest absolute Gasteiger partial charge is 0.461 e. The van der Waals surface area contributed by atoms with Gasteiger partial charge in [-0.15, -0.1) is 11.8 Å². The maximum absolute atomic E-state index is 11.5. The number of rotatable bonds is 4. The van der Waals surface area contributed by atoms with E-state index in [9.17, 15) is 4.79 Å². The Morgan fingerprint density at radius 2 is 2.39 bits per heavy atom. The Hall–Kier alpha value is -1.89. The molecule has 0 atom stereocenters. The zero-order valence-corrected chi connectivity index (χ0v) is 10.7. The van der Waals surface area contributed by atoms with Crippen LogP contribution in [0, 0.1) is 0 Å². The Kier molecular flexibility index (Phi) is 3.93. The van der Waals surface area contributed by atoms with Crippen LogP contribution in [-0.4, -0.2) is 33.8 Å². The molecule has 2 aromatic heterocycles. The van der Waals surface area contributed by atoms with Crippen molar-refractivity contribution in [2.45, 2.75) is 11.9 Å². The molecule has 2 rings (SSSR count). The molecule has 2 aromatic rings. The van der Waals surface area contributed by atoms with Crippen LogP contribution in [0.25, 0.3) is 11.5 Å². The minimum atomic E-state index is -0.505. The third-order valence-electron chi connectivity index (χ3n) is 2.09. The highest BCUT2D eigenvalue weighted by Gasteiger charge is 2.16. The second kappa shape index (κ2) is 5.63. The summed E-state index contributed by atoms with van der Waals surface area (Å²) in [4.78, 5) is 23.6. The van der Waals surface area contributed by atoms with Gasteiger partial charge < -0.3 is 9.15 Å². The Labute approximate surface area is 108 Å². The molecule has 0 aliphatic heterocycles. The van der Waals surface area contributed by atoms with Crippen LogP contribution in [0.15, 0.2) is 28.2 Å². The molecule has 6 nitrogen and oxygen atoms in total. The van der Waals surface area contributed by atoms with Crippen molar-refractivity contribution in [2.24, 2.45) is 0 Å². The molecule has 0 unspecified atom stereocenters. The van der Waals surface area contributed by atoms with E-state index in [0.717, 1.165) is 5.03 Å². The zero-order chi connectivity index (χ0) is 13.0. The molecule has 0 saturated carbocycles. The van der Waals surface area contributed by atoms with Crippen LogP contribution >= 0.6 is 11.8 Å². The maximum Gasteiger partial charge on any atom is 0.360 e. The van der Waals surface area contributed by atoms with Gasteiger partial charge in [-0.3, -0.25) is 0 Å². The number of oxazole rings is 1. The Bertz CT molecular complexity index is 556. The standard InChI is InChI=1S/C11H11N3O3S/c1-3-16-11(15)8-5-17-9(14-8)7-4-12-6-13-10(7)18-2/h4-6H,3H2,1-2H3. The zero-order valence-electron chi connectivity index (χ0n) is 9.91. The molecule has 0 radical (unpaired) electrons. The predicted octanol–water partition coefficient (Wildman–Crippen LogP) is 2.03. The van der Waals surface area contributed by atoms with Crippen molar-refractivity contribution in [3.8, 4) is 11.5 Å². The number of hydrogen-bond acceptors (Lipinski definition) is 7. The van der Waals surface area contributed by atoms with Crippen LogP contribution < -0.4 is 0 Å². The lowest BCUT2D eigenvalue weighted by atomic mass is 10.3. The lowest BCUT2D eigenvalue weighted by Crippen LogP contribution is -2.04. The molecule has 7 heteroatoms. The first-order valence-electron chi connectivity index (χ1n) is 5.23. The van der Waals surface area contributed by atoms with Gasteiger partial charge >= 0.3 is 5.97 Å². The van der Waals surface area contributed by atoms with Gasteiger partial charge in [0, 0.05) is 6.20 Å². The third kappa shape index (κ3) is 2.51. The molecule has 0 saturated heterocycles. The molecule has 0 aliphatic carbocycles. The quantitative estimate of drug-likeness (QED) is 0.475. The Morgan fingerprint density at radius 1 is 1.56 bits per heavy atom. The van der Waals surface area contributed by atoms with Crippen molar-refractivity contribution >= 4 is 17.7 Å². The minimum Gasteiger partial charge on any atom is -0.461 e. The molecular weight excluding hydrogens is 254 g/mol. The molecule has 0 bridgehead atoms. The summed E-state index contributed by atoms with van der Waals surface area (Å²) in [5.74, 6) is -0.196. The smallest absolute Gasteiger partial charge is 0.360 e. The fraction of sp³-hybridized carbons (Fsp3) is 0.273. The summed E-state index contributed by atoms with van der Waals surface area (Å²) in [5.41, 5.74) is 0.795. The first-order chi connectivity index (χ1) is 8.76. The average Bonchev–Trinajstić information content (AvgIpc) is 2.88. The van der Waals surface area contributed by atoms with E-state index in [1.165, 1.54) is 24.4 Å². The number of hydrogen-bond donors (Lipinski definition) is 0. The number of nitrogens with zero attached hydrogens (tertiary/aromatic N) is 3. The normalized spacial score (nSPS) is 10.3. The van der Waals surface area contributed by atoms with E-state index < -0.39 is 5.97 Å². The van der Waals surface area contributed by atoms with Crippen LogP contribution in [0.1, 0.15) is 17.4 Å². The summed E-state index contributed by atoms with van der Waals surface area (Å²) in [6.45, 7) is 2.03. The number of carbonyl (C=O) groups excluding carboxylic acids is 1. The van der Waals surface area contributed by atoms with Gasteiger partial charge in [-0.05, 0) is 13.2 Å². The molecule has 0 spiro atoms. The topological polar surface area (TPSA) is 78.1 Å². The number of carbonyl (C=O) groups is 1. The Balaban J connectivity index is 2.32. The van der Waals surface area contributed by atoms with Crippen molar-refractivity contribution < 1.29 is 13.9 Å². The van der Waals surface area contributed by atoms with Gasteiger partial charge in [0.2, 0.25) is 5.89 Å². The van der Waals surface area contributed by atoms with Gasteiger partial charge in [0.1, 0.15) is 17.6 Å². The SMILES string of the molecule is CCOC(=O)c1coc(-c2cncnc2SC)n1. The van der Waals surface area contributed by atoms with Crippen molar-refractivity contribution in [1.82, 2.24) is 15.0 Å². The molecule has 0 N–H and O–H groups in total. The van der Waals surface area contributed by atoms with E-state index in [1.807, 2.05) is 6.26 Å². The van der Waals surface area contributed by atoms with Crippen molar-refractivity contribution in [1.29, 1.82) is 0 Å². The second-order valence-electron chi connectivity index (χ2n) is 3.20. The van der Waals surface area contributed by atoms with Gasteiger partial charge in [0.15, 0.2) is 5.69 Å². The van der Waals surface area contributed by atoms with E-state index in [1.54, 1.807) is 13.1 Å². The number of aromatic nitrogens is 3. The van der Waals surface area contributed by atoms with Crippen LogP contribution in [-0.2, 0) is 4.74 Å². The first-order valence-corrected chi connectivity index (χ1v) is 6.45. The van der Waals surface area contributed by atoms with Gasteiger partial charge in [-0.2, -0.15) is 0 Å². The summed E-state index contributed by atoms with van der Waals surface area (Å²) < 4.78 is 10.1. The Morgan fingerprint density at radius 3 is 3.11 bits per heavy atom. The van der Waals surface area contributed by atoms with E-state index in [2.05, 4.69) is 15.0 Å². The van der Waals surface area contributed by atoms with E-state index in [4.69, 9.17) is 9.15 Å². The summed E-state index contributed by atoms with van der Waals surface area (Å²) in [6, 6.07) is 0. The molecular formula is C11H11N3O3S. The molecule has 18 heavy (non-hydrogen) atoms. The van der Waals surface area contributed by atoms with Gasteiger partial charge in [0.05, 0.1) is 12.2 Å². The van der Waals surface area contributed by atoms with Crippen molar-refractivity contribution in [3.63, 3.8) is 0 Å². The van der Waals surface area contributed by atoms with Crippen molar-refractivity contribution in [2.75, 3.05) is 12.9 Å². The summed E-state index contributed by atoms with van der Waals surface area (Å²) in [5, 5.41) is 0.738. The van der Waals surface area contributed by atoms with Crippen LogP contribution in [0.3, 0.4) is 0 Å². The van der Waals surface area contributed by atoms with Gasteiger partial charge in [-0.25, -0.2) is 19.7 Å². The molecule has 0 fully saturated rings. The maximum atomic E-state index is 11.5. The number of ether oxygens (including phenoxy) is 1. The molecule has 94 valence electrons. The first kappa shape index (κ1) is 12.6. The highest BCUT2D eigenvalue weighted by atomic mass is 32.2. The van der Waals surface area contributed by atoms with Gasteiger partial charge in [-0.1, -0.05) is 0 Å². The van der Waals surface area contributed by atoms with Crippen LogP contribution in [0.5, 0.6) is 0 Å². The fourth-order valence-electron chi connectivity index (χ4n) is 1.32. The molecule has 0 aliphatic rings. The summed E-state index contributed by atoms with van der Waals surface area (Å²) in [7, 11) is 0. The summed E-state index contributed by atoms with van der Waals surface area (Å²) in [6.07, 6.45) is 6.20. The minimum absolute atomic E-state index is 0.141. The molecule has 0 amide bonds. The lowest BCUT2D eigenvalue weighted by molar-refractivity contribution is 0.0519. The monoisotopic (exact) mass is 265 g/mol. The molecule has 2 heterocycles. The van der Waals surface area contributed by atoms with Crippen molar-refractivity contribution in [3.05, 3.63) is 24.5 Å². The predicted molar refractivity (Wildman–Crippen MR) is 65.3 cm³/mol. The third-order valence-corrected chi connectivity index (χ3v) is 2.80. The van der Waals surface area contributed by atoms with Crippen LogP contribution in [0.4, 0.5) is 0 Å². The average molecular weight is 265 g/mol. The lowest BCUT2D eigenvalue weighted by Gasteiger charge is -1.99. The summed E-state index contributed by atoms with van der Waals surface area (Å²) >= 11 is 1.45. The van der Waals surface area contributed by atoms with E-state index in [-0.39, 0.29) is 5.69 Å². The number of thioether (sulfide) groups is 1. The van der Waals surface area contributed by atoms with Crippen LogP contribution in [0.2, 0.25) is 0 Å². The van der Waals surface area contributed by atoms with E-state index >= 15 is 0 Å². The number of esters is 1. The van der Waals surface area contributed by atoms with Gasteiger partial charge in [0.25, 0.3) is 0 Å². The molecule has 0 aromatic carbocycles.